The third-order valence-corrected chi connectivity index (χ3v) is 4.87. The van der Waals surface area contributed by atoms with Crippen molar-refractivity contribution in [3.63, 3.8) is 0 Å². The highest BCUT2D eigenvalue weighted by Crippen LogP contribution is 2.79. The van der Waals surface area contributed by atoms with Crippen LogP contribution in [0.15, 0.2) is 35.5 Å². The Morgan fingerprint density at radius 1 is 1.46 bits per heavy atom. The van der Waals surface area contributed by atoms with Gasteiger partial charge in [0.15, 0.2) is 0 Å². The quantitative estimate of drug-likeness (QED) is 0.523. The summed E-state index contributed by atoms with van der Waals surface area (Å²) in [5.74, 6) is 1.94. The highest BCUT2D eigenvalue weighted by Gasteiger charge is 2.72. The van der Waals surface area contributed by atoms with Crippen LogP contribution in [0.1, 0.15) is 25.7 Å². The van der Waals surface area contributed by atoms with Crippen molar-refractivity contribution in [1.29, 1.82) is 0 Å². The van der Waals surface area contributed by atoms with E-state index in [1.54, 1.807) is 5.57 Å². The molecule has 13 heavy (non-hydrogen) atoms. The molecule has 0 aromatic carbocycles. The predicted molar refractivity (Wildman–Crippen MR) is 53.2 cm³/mol. The van der Waals surface area contributed by atoms with Gasteiger partial charge in [-0.3, -0.25) is 0 Å². The fourth-order valence-corrected chi connectivity index (χ4v) is 4.11. The molecule has 0 aliphatic heterocycles. The average Bonchev–Trinajstić information content (AvgIpc) is 2.53. The molecule has 0 heteroatoms. The monoisotopic (exact) mass is 170 g/mol. The first kappa shape index (κ1) is 6.64. The molecule has 3 unspecified atom stereocenters. The lowest BCUT2D eigenvalue weighted by atomic mass is 9.75. The van der Waals surface area contributed by atoms with E-state index in [1.807, 2.05) is 0 Å². The molecule has 0 heterocycles. The van der Waals surface area contributed by atoms with E-state index in [0.29, 0.717) is 0 Å². The van der Waals surface area contributed by atoms with Gasteiger partial charge in [0.2, 0.25) is 0 Å². The smallest absolute Gasteiger partial charge is 0.00654 e. The first-order valence-corrected chi connectivity index (χ1v) is 5.41. The van der Waals surface area contributed by atoms with Crippen molar-refractivity contribution < 1.29 is 0 Å². The minimum atomic E-state index is 0.752. The Morgan fingerprint density at radius 2 is 2.38 bits per heavy atom. The summed E-state index contributed by atoms with van der Waals surface area (Å²) in [6.45, 7) is 4.31. The Morgan fingerprint density at radius 3 is 3.15 bits per heavy atom. The molecule has 0 aromatic heterocycles. The Hall–Kier alpha value is -0.780. The molecule has 4 aliphatic rings. The van der Waals surface area contributed by atoms with Gasteiger partial charge in [-0.1, -0.05) is 24.3 Å². The van der Waals surface area contributed by atoms with Crippen molar-refractivity contribution in [3.8, 4) is 0 Å². The number of fused-ring (bicyclic) bond motifs is 1. The molecule has 2 saturated carbocycles. The molecule has 4 rings (SSSR count). The summed E-state index contributed by atoms with van der Waals surface area (Å²) >= 11 is 0. The van der Waals surface area contributed by atoms with Crippen LogP contribution in [0, 0.1) is 17.3 Å². The van der Waals surface area contributed by atoms with Crippen LogP contribution in [-0.2, 0) is 0 Å². The van der Waals surface area contributed by atoms with Crippen molar-refractivity contribution in [3.05, 3.63) is 35.5 Å². The summed E-state index contributed by atoms with van der Waals surface area (Å²) in [6, 6.07) is 0. The molecule has 0 amide bonds. The Kier molecular flexibility index (Phi) is 0.871. The number of hydrogen-bond acceptors (Lipinski definition) is 0. The van der Waals surface area contributed by atoms with Crippen LogP contribution in [0.2, 0.25) is 0 Å². The molecular weight excluding hydrogens is 156 g/mol. The number of hydrogen-bond donors (Lipinski definition) is 0. The second-order valence-corrected chi connectivity index (χ2v) is 5.18. The van der Waals surface area contributed by atoms with Gasteiger partial charge in [0.1, 0.15) is 0 Å². The van der Waals surface area contributed by atoms with E-state index in [4.69, 9.17) is 0 Å². The van der Waals surface area contributed by atoms with Crippen LogP contribution in [-0.4, -0.2) is 0 Å². The zero-order valence-corrected chi connectivity index (χ0v) is 7.84. The van der Waals surface area contributed by atoms with E-state index in [2.05, 4.69) is 18.7 Å². The summed E-state index contributed by atoms with van der Waals surface area (Å²) in [4.78, 5) is 0. The lowest BCUT2D eigenvalue weighted by molar-refractivity contribution is 0.284. The van der Waals surface area contributed by atoms with Crippen LogP contribution < -0.4 is 0 Å². The molecule has 0 saturated heterocycles. The summed E-state index contributed by atoms with van der Waals surface area (Å²) in [5, 5.41) is 0. The molecule has 0 radical (unpaired) electrons. The van der Waals surface area contributed by atoms with Crippen molar-refractivity contribution in [2.24, 2.45) is 17.3 Å². The van der Waals surface area contributed by atoms with Gasteiger partial charge in [-0.2, -0.15) is 0 Å². The maximum Gasteiger partial charge on any atom is -0.00654 e. The second kappa shape index (κ2) is 1.70. The lowest BCUT2D eigenvalue weighted by Crippen LogP contribution is -2.18. The van der Waals surface area contributed by atoms with E-state index >= 15 is 0 Å². The Bertz CT molecular complexity index is 383. The molecule has 66 valence electrons. The van der Waals surface area contributed by atoms with E-state index in [9.17, 15) is 0 Å². The maximum atomic E-state index is 4.31. The van der Waals surface area contributed by atoms with Gasteiger partial charge in [-0.25, -0.2) is 0 Å². The molecule has 1 spiro atoms. The highest BCUT2D eigenvalue weighted by molar-refractivity contribution is 5.56. The van der Waals surface area contributed by atoms with Gasteiger partial charge in [0, 0.05) is 0 Å². The lowest BCUT2D eigenvalue weighted by Gasteiger charge is -2.29. The second-order valence-electron chi connectivity index (χ2n) is 5.18. The Labute approximate surface area is 79.0 Å². The van der Waals surface area contributed by atoms with E-state index in [1.165, 1.54) is 36.8 Å². The summed E-state index contributed by atoms with van der Waals surface area (Å²) < 4.78 is 0. The topological polar surface area (TPSA) is 0 Å². The van der Waals surface area contributed by atoms with Gasteiger partial charge in [0.25, 0.3) is 0 Å². The van der Waals surface area contributed by atoms with Gasteiger partial charge in [0.05, 0.1) is 0 Å². The van der Waals surface area contributed by atoms with Crippen molar-refractivity contribution in [1.82, 2.24) is 0 Å². The zero-order chi connectivity index (χ0) is 8.63. The molecule has 4 aliphatic carbocycles. The first-order valence-electron chi connectivity index (χ1n) is 5.41. The third-order valence-electron chi connectivity index (χ3n) is 4.87. The van der Waals surface area contributed by atoms with Gasteiger partial charge in [-0.05, 0) is 54.1 Å². The molecule has 0 aromatic rings. The first-order chi connectivity index (χ1) is 6.33. The average molecular weight is 170 g/mol. The third kappa shape index (κ3) is 0.535. The molecule has 0 nitrogen and oxygen atoms in total. The van der Waals surface area contributed by atoms with Crippen molar-refractivity contribution in [2.45, 2.75) is 25.7 Å². The molecule has 3 atom stereocenters. The zero-order valence-electron chi connectivity index (χ0n) is 7.84. The fraction of sp³-hybridized carbons (Fsp3) is 0.538. The molecule has 0 N–H and O–H groups in total. The Balaban J connectivity index is 1.85. The number of allylic oxidation sites excluding steroid dienone is 5. The van der Waals surface area contributed by atoms with Crippen molar-refractivity contribution >= 4 is 0 Å². The normalized spacial score (nSPS) is 49.7. The van der Waals surface area contributed by atoms with E-state index in [-0.39, 0.29) is 0 Å². The van der Waals surface area contributed by atoms with Crippen molar-refractivity contribution in [2.75, 3.05) is 0 Å². The fourth-order valence-electron chi connectivity index (χ4n) is 4.11. The summed E-state index contributed by atoms with van der Waals surface area (Å²) in [5.41, 5.74) is 5.47. The molecule has 0 bridgehead atoms. The minimum Gasteiger partial charge on any atom is -0.0949 e. The number of rotatable bonds is 0. The molecule has 2 fully saturated rings. The summed E-state index contributed by atoms with van der Waals surface area (Å²) in [7, 11) is 0. The van der Waals surface area contributed by atoms with E-state index in [0.717, 1.165) is 17.3 Å². The molecular formula is C13H14. The van der Waals surface area contributed by atoms with Crippen LogP contribution in [0.3, 0.4) is 0 Å². The van der Waals surface area contributed by atoms with Gasteiger partial charge < -0.3 is 0 Å². The maximum absolute atomic E-state index is 4.31. The van der Waals surface area contributed by atoms with Crippen LogP contribution >= 0.6 is 0 Å². The van der Waals surface area contributed by atoms with Gasteiger partial charge >= 0.3 is 0 Å². The van der Waals surface area contributed by atoms with Crippen LogP contribution in [0.25, 0.3) is 0 Å². The largest absolute Gasteiger partial charge is 0.0949 e. The standard InChI is InChI=1S/C13H14/c1-8-10-4-2-3-9(10)7-13-6-5-11(13)12(8)13/h2,4,11-12H,1,3,5-7H2. The SMILES string of the molecule is C=C1C2=C(CC=C2)CC23CCC2C13. The van der Waals surface area contributed by atoms with E-state index < -0.39 is 0 Å². The highest BCUT2D eigenvalue weighted by atomic mass is 14.8. The predicted octanol–water partition coefficient (Wildman–Crippen LogP) is 3.23. The van der Waals surface area contributed by atoms with Crippen LogP contribution in [0.4, 0.5) is 0 Å². The van der Waals surface area contributed by atoms with Gasteiger partial charge in [-0.15, -0.1) is 0 Å². The minimum absolute atomic E-state index is 0.752. The summed E-state index contributed by atoms with van der Waals surface area (Å²) in [6.07, 6.45) is 10.2. The van der Waals surface area contributed by atoms with Crippen LogP contribution in [0.5, 0.6) is 0 Å².